The van der Waals surface area contributed by atoms with E-state index in [-0.39, 0.29) is 0 Å². The Balaban J connectivity index is 3.21. The number of nitrogens with zero attached hydrogens (tertiary/aromatic N) is 2. The Kier molecular flexibility index (Phi) is 2.91. The fraction of sp³-hybridized carbons (Fsp3) is 0.125. The van der Waals surface area contributed by atoms with E-state index in [9.17, 15) is 0 Å². The molecule has 3 nitrogen and oxygen atoms in total. The second-order valence-corrected chi connectivity index (χ2v) is 3.36. The molecule has 0 amide bonds. The molecule has 12 heavy (non-hydrogen) atoms. The van der Waals surface area contributed by atoms with Crippen LogP contribution in [-0.4, -0.2) is 10.9 Å². The van der Waals surface area contributed by atoms with Crippen molar-refractivity contribution in [1.82, 2.24) is 4.68 Å². The summed E-state index contributed by atoms with van der Waals surface area (Å²) in [7, 11) is 0. The van der Waals surface area contributed by atoms with Crippen molar-refractivity contribution >= 4 is 34.5 Å². The highest BCUT2D eigenvalue weighted by molar-refractivity contribution is 14.1. The molecule has 1 aromatic heterocycles. The molecule has 1 aromatic rings. The smallest absolute Gasteiger partial charge is 0.103 e. The molecule has 4 heteroatoms. The first-order valence-corrected chi connectivity index (χ1v) is 4.55. The Labute approximate surface area is 85.1 Å². The van der Waals surface area contributed by atoms with Gasteiger partial charge in [-0.3, -0.25) is 0 Å². The van der Waals surface area contributed by atoms with Gasteiger partial charge in [0, 0.05) is 6.21 Å². The summed E-state index contributed by atoms with van der Waals surface area (Å²) in [6.07, 6.45) is 1.72. The first kappa shape index (κ1) is 9.31. The molecule has 0 aromatic carbocycles. The summed E-state index contributed by atoms with van der Waals surface area (Å²) in [6.45, 7) is 5.52. The SMILES string of the molecule is C=C(N)c1ccc(I)n1/N=C\C. The Bertz CT molecular complexity index is 325. The van der Waals surface area contributed by atoms with Crippen LogP contribution in [0.5, 0.6) is 0 Å². The van der Waals surface area contributed by atoms with Gasteiger partial charge in [-0.1, -0.05) is 6.58 Å². The molecule has 0 bridgehead atoms. The lowest BCUT2D eigenvalue weighted by Crippen LogP contribution is -2.02. The van der Waals surface area contributed by atoms with Crippen molar-refractivity contribution in [3.8, 4) is 0 Å². The predicted molar refractivity (Wildman–Crippen MR) is 59.9 cm³/mol. The van der Waals surface area contributed by atoms with Crippen LogP contribution in [0.2, 0.25) is 0 Å². The summed E-state index contributed by atoms with van der Waals surface area (Å²) in [4.78, 5) is 0. The topological polar surface area (TPSA) is 43.3 Å². The van der Waals surface area contributed by atoms with Gasteiger partial charge >= 0.3 is 0 Å². The number of rotatable bonds is 2. The van der Waals surface area contributed by atoms with Crippen LogP contribution in [0.15, 0.2) is 23.8 Å². The van der Waals surface area contributed by atoms with Crippen LogP contribution < -0.4 is 5.73 Å². The van der Waals surface area contributed by atoms with Crippen molar-refractivity contribution in [3.05, 3.63) is 28.1 Å². The van der Waals surface area contributed by atoms with Crippen LogP contribution in [-0.2, 0) is 0 Å². The lowest BCUT2D eigenvalue weighted by molar-refractivity contribution is 0.849. The molecule has 2 N–H and O–H groups in total. The van der Waals surface area contributed by atoms with Crippen molar-refractivity contribution in [3.63, 3.8) is 0 Å². The highest BCUT2D eigenvalue weighted by Gasteiger charge is 2.04. The Morgan fingerprint density at radius 2 is 2.42 bits per heavy atom. The van der Waals surface area contributed by atoms with Crippen LogP contribution in [0.1, 0.15) is 12.6 Å². The highest BCUT2D eigenvalue weighted by Crippen LogP contribution is 2.14. The average molecular weight is 275 g/mol. The summed E-state index contributed by atoms with van der Waals surface area (Å²) in [5.41, 5.74) is 6.94. The molecule has 0 aliphatic carbocycles. The van der Waals surface area contributed by atoms with Gasteiger partial charge < -0.3 is 5.73 Å². The van der Waals surface area contributed by atoms with E-state index in [4.69, 9.17) is 5.73 Å². The van der Waals surface area contributed by atoms with Gasteiger partial charge in [-0.2, -0.15) is 5.10 Å². The minimum Gasteiger partial charge on any atom is -0.397 e. The molecule has 0 atom stereocenters. The number of hydrogen-bond donors (Lipinski definition) is 1. The Hall–Kier alpha value is -0.780. The second kappa shape index (κ2) is 3.75. The van der Waals surface area contributed by atoms with Crippen molar-refractivity contribution in [2.75, 3.05) is 0 Å². The zero-order valence-electron chi connectivity index (χ0n) is 6.79. The van der Waals surface area contributed by atoms with E-state index in [2.05, 4.69) is 34.3 Å². The third-order valence-electron chi connectivity index (χ3n) is 1.37. The van der Waals surface area contributed by atoms with Crippen molar-refractivity contribution in [1.29, 1.82) is 0 Å². The largest absolute Gasteiger partial charge is 0.397 e. The average Bonchev–Trinajstić information content (AvgIpc) is 2.34. The summed E-state index contributed by atoms with van der Waals surface area (Å²) >= 11 is 2.19. The van der Waals surface area contributed by atoms with E-state index < -0.39 is 0 Å². The van der Waals surface area contributed by atoms with Crippen LogP contribution in [0.4, 0.5) is 0 Å². The fourth-order valence-electron chi connectivity index (χ4n) is 0.880. The molecule has 0 saturated heterocycles. The maximum absolute atomic E-state index is 5.57. The van der Waals surface area contributed by atoms with E-state index in [1.807, 2.05) is 19.1 Å². The van der Waals surface area contributed by atoms with Crippen molar-refractivity contribution < 1.29 is 0 Å². The Morgan fingerprint density at radius 3 is 2.92 bits per heavy atom. The maximum atomic E-state index is 5.57. The third-order valence-corrected chi connectivity index (χ3v) is 2.19. The highest BCUT2D eigenvalue weighted by atomic mass is 127. The predicted octanol–water partition coefficient (Wildman–Crippen LogP) is 1.88. The number of halogens is 1. The minimum atomic E-state index is 0.531. The summed E-state index contributed by atoms with van der Waals surface area (Å²) in [6, 6.07) is 3.85. The number of hydrogen-bond acceptors (Lipinski definition) is 2. The maximum Gasteiger partial charge on any atom is 0.103 e. The van der Waals surface area contributed by atoms with Crippen LogP contribution in [0, 0.1) is 3.70 Å². The molecule has 0 aliphatic heterocycles. The molecule has 0 spiro atoms. The van der Waals surface area contributed by atoms with E-state index in [1.165, 1.54) is 0 Å². The normalized spacial score (nSPS) is 10.8. The van der Waals surface area contributed by atoms with Crippen molar-refractivity contribution in [2.24, 2.45) is 10.8 Å². The Morgan fingerprint density at radius 1 is 1.75 bits per heavy atom. The summed E-state index contributed by atoms with van der Waals surface area (Å²) in [5.74, 6) is 0. The molecule has 0 unspecified atom stereocenters. The molecule has 1 rings (SSSR count). The second-order valence-electron chi connectivity index (χ2n) is 2.25. The molecule has 1 heterocycles. The van der Waals surface area contributed by atoms with Gasteiger partial charge in [0.25, 0.3) is 0 Å². The monoisotopic (exact) mass is 275 g/mol. The first-order valence-electron chi connectivity index (χ1n) is 3.47. The van der Waals surface area contributed by atoms with Gasteiger partial charge in [-0.25, -0.2) is 4.68 Å². The van der Waals surface area contributed by atoms with E-state index in [1.54, 1.807) is 10.9 Å². The van der Waals surface area contributed by atoms with Gasteiger partial charge in [0.2, 0.25) is 0 Å². The summed E-state index contributed by atoms with van der Waals surface area (Å²) in [5, 5.41) is 4.13. The number of nitrogens with two attached hydrogens (primary N) is 1. The zero-order valence-corrected chi connectivity index (χ0v) is 8.95. The molecule has 0 saturated carbocycles. The quantitative estimate of drug-likeness (QED) is 0.650. The van der Waals surface area contributed by atoms with Gasteiger partial charge in [0.05, 0.1) is 11.4 Å². The number of aromatic nitrogens is 1. The first-order chi connectivity index (χ1) is 5.66. The summed E-state index contributed by atoms with van der Waals surface area (Å²) < 4.78 is 2.77. The van der Waals surface area contributed by atoms with Crippen LogP contribution in [0.3, 0.4) is 0 Å². The van der Waals surface area contributed by atoms with Crippen LogP contribution in [0.25, 0.3) is 5.70 Å². The zero-order chi connectivity index (χ0) is 9.14. The minimum absolute atomic E-state index is 0.531. The lowest BCUT2D eigenvalue weighted by atomic mass is 10.4. The third kappa shape index (κ3) is 1.69. The molecular formula is C8H10IN3. The van der Waals surface area contributed by atoms with E-state index in [0.29, 0.717) is 5.70 Å². The standard InChI is InChI=1S/C8H10IN3/c1-3-11-12-7(6(2)10)4-5-8(12)9/h3-5H,2,10H2,1H3/b11-3-. The molecule has 0 radical (unpaired) electrons. The van der Waals surface area contributed by atoms with E-state index >= 15 is 0 Å². The molecule has 0 fully saturated rings. The lowest BCUT2D eigenvalue weighted by Gasteiger charge is -2.02. The molecular weight excluding hydrogens is 265 g/mol. The van der Waals surface area contributed by atoms with Gasteiger partial charge in [-0.05, 0) is 41.6 Å². The van der Waals surface area contributed by atoms with Gasteiger partial charge in [0.1, 0.15) is 3.70 Å². The van der Waals surface area contributed by atoms with Crippen LogP contribution >= 0.6 is 22.6 Å². The molecule has 64 valence electrons. The van der Waals surface area contributed by atoms with Gasteiger partial charge in [0.15, 0.2) is 0 Å². The fourth-order valence-corrected chi connectivity index (χ4v) is 1.44. The van der Waals surface area contributed by atoms with Gasteiger partial charge in [-0.15, -0.1) is 0 Å². The molecule has 0 aliphatic rings. The van der Waals surface area contributed by atoms with Crippen molar-refractivity contribution in [2.45, 2.75) is 6.92 Å². The van der Waals surface area contributed by atoms with E-state index in [0.717, 1.165) is 9.39 Å².